The Morgan fingerprint density at radius 3 is 2.88 bits per heavy atom. The predicted octanol–water partition coefficient (Wildman–Crippen LogP) is 4.26. The quantitative estimate of drug-likeness (QED) is 0.520. The topological polar surface area (TPSA) is 97.2 Å². The molecule has 1 fully saturated rings. The highest BCUT2D eigenvalue weighted by Crippen LogP contribution is 2.44. The number of aliphatic hydroxyl groups is 1. The fourth-order valence-corrected chi connectivity index (χ4v) is 5.69. The molecular weight excluding hydrogens is 462 g/mol. The summed E-state index contributed by atoms with van der Waals surface area (Å²) in [4.78, 5) is 26.9. The number of aryl methyl sites for hydroxylation is 1. The molecule has 1 aliphatic carbocycles. The van der Waals surface area contributed by atoms with Gasteiger partial charge in [0.1, 0.15) is 30.5 Å². The van der Waals surface area contributed by atoms with Gasteiger partial charge in [-0.2, -0.15) is 8.78 Å². The predicted molar refractivity (Wildman–Crippen MR) is 122 cm³/mol. The Balaban J connectivity index is 1.44. The van der Waals surface area contributed by atoms with E-state index in [9.17, 15) is 18.7 Å². The Labute approximate surface area is 199 Å². The maximum Gasteiger partial charge on any atom is 0.312 e. The number of carbonyl (C=O) groups is 1. The lowest BCUT2D eigenvalue weighted by molar-refractivity contribution is -0.119. The molecule has 1 saturated carbocycles. The molecule has 0 radical (unpaired) electrons. The van der Waals surface area contributed by atoms with Gasteiger partial charge in [-0.25, -0.2) is 9.97 Å². The van der Waals surface area contributed by atoms with Crippen molar-refractivity contribution in [3.05, 3.63) is 69.1 Å². The van der Waals surface area contributed by atoms with E-state index in [-0.39, 0.29) is 29.5 Å². The molecule has 34 heavy (non-hydrogen) atoms. The number of fused-ring (bicyclic) bond motifs is 1. The number of pyridine rings is 1. The van der Waals surface area contributed by atoms with E-state index in [0.29, 0.717) is 33.8 Å². The molecule has 2 N–H and O–H groups in total. The van der Waals surface area contributed by atoms with Gasteiger partial charge < -0.3 is 15.2 Å². The highest BCUT2D eigenvalue weighted by molar-refractivity contribution is 7.14. The van der Waals surface area contributed by atoms with E-state index in [1.165, 1.54) is 30.1 Å². The Bertz CT molecular complexity index is 1220. The van der Waals surface area contributed by atoms with Crippen molar-refractivity contribution in [3.8, 4) is 0 Å². The Kier molecular flexibility index (Phi) is 5.91. The van der Waals surface area contributed by atoms with Gasteiger partial charge in [0.15, 0.2) is 0 Å². The van der Waals surface area contributed by atoms with Crippen molar-refractivity contribution in [2.45, 2.75) is 50.9 Å². The van der Waals surface area contributed by atoms with Gasteiger partial charge in [0.2, 0.25) is 5.78 Å². The first-order valence-corrected chi connectivity index (χ1v) is 11.9. The van der Waals surface area contributed by atoms with E-state index in [2.05, 4.69) is 20.3 Å². The van der Waals surface area contributed by atoms with Crippen LogP contribution in [-0.4, -0.2) is 44.6 Å². The minimum absolute atomic E-state index is 0.00777. The van der Waals surface area contributed by atoms with Crippen molar-refractivity contribution < 1.29 is 23.4 Å². The number of aliphatic hydroxyl groups excluding tert-OH is 1. The number of carbonyl (C=O) groups excluding carboxylic acids is 1. The number of halogens is 2. The average molecular weight is 487 g/mol. The van der Waals surface area contributed by atoms with Gasteiger partial charge in [-0.1, -0.05) is 13.0 Å². The van der Waals surface area contributed by atoms with Crippen molar-refractivity contribution in [2.75, 3.05) is 11.9 Å². The van der Waals surface area contributed by atoms with E-state index in [1.54, 1.807) is 18.2 Å². The van der Waals surface area contributed by atoms with Gasteiger partial charge in [0, 0.05) is 28.9 Å². The molecule has 4 heterocycles. The van der Waals surface area contributed by atoms with Crippen LogP contribution in [0.15, 0.2) is 36.9 Å². The molecule has 0 unspecified atom stereocenters. The molecule has 5 rings (SSSR count). The highest BCUT2D eigenvalue weighted by atomic mass is 32.1. The maximum absolute atomic E-state index is 14.3. The number of hydrogen-bond donors (Lipinski definition) is 2. The molecular formula is C24H24F2N4O3S. The number of nitrogens with one attached hydrogen (secondary N) is 1. The number of hydrogen-bond acceptors (Lipinski definition) is 8. The summed E-state index contributed by atoms with van der Waals surface area (Å²) in [5, 5.41) is 13.3. The first-order valence-electron chi connectivity index (χ1n) is 11.1. The van der Waals surface area contributed by atoms with Crippen LogP contribution in [-0.2, 0) is 10.7 Å². The number of nitrogens with zero attached hydrogens (tertiary/aromatic N) is 3. The first-order chi connectivity index (χ1) is 16.2. The van der Waals surface area contributed by atoms with Gasteiger partial charge in [0.05, 0.1) is 16.5 Å². The summed E-state index contributed by atoms with van der Waals surface area (Å²) >= 11 is 1.28. The summed E-state index contributed by atoms with van der Waals surface area (Å²) in [7, 11) is 0. The lowest BCUT2D eigenvalue weighted by atomic mass is 9.95. The van der Waals surface area contributed by atoms with Gasteiger partial charge >= 0.3 is 5.92 Å². The molecule has 3 aromatic heterocycles. The normalized spacial score (nSPS) is 25.7. The molecule has 0 bridgehead atoms. The summed E-state index contributed by atoms with van der Waals surface area (Å²) in [6.45, 7) is 3.06. The van der Waals surface area contributed by atoms with Gasteiger partial charge in [0.25, 0.3) is 0 Å². The standard InChI is InChI=1S/C24H24F2N4O3S/c1-12-6-14(7-18(12)31)30-23-17(9-27-11-29-23)20(32)19-8-16(13(2)34-19)21-15-4-3-5-28-22(15)24(25,26)10-33-21/h3-5,8-9,11-12,14,18,21,31H,6-7,10H2,1-2H3,(H,27,29,30)/t12-,14-,18+,21-/m1/s1. The van der Waals surface area contributed by atoms with Crippen LogP contribution in [0.5, 0.6) is 0 Å². The highest BCUT2D eigenvalue weighted by Gasteiger charge is 2.44. The van der Waals surface area contributed by atoms with Crippen molar-refractivity contribution in [1.82, 2.24) is 15.0 Å². The van der Waals surface area contributed by atoms with E-state index in [0.717, 1.165) is 11.3 Å². The minimum atomic E-state index is -3.16. The van der Waals surface area contributed by atoms with Crippen molar-refractivity contribution in [1.29, 1.82) is 0 Å². The molecule has 0 spiro atoms. The van der Waals surface area contributed by atoms with Crippen LogP contribution in [0.3, 0.4) is 0 Å². The van der Waals surface area contributed by atoms with Crippen LogP contribution in [0.4, 0.5) is 14.6 Å². The third-order valence-corrected chi connectivity index (χ3v) is 7.56. The zero-order valence-corrected chi connectivity index (χ0v) is 19.5. The van der Waals surface area contributed by atoms with E-state index in [1.807, 2.05) is 13.8 Å². The summed E-state index contributed by atoms with van der Waals surface area (Å²) in [6, 6.07) is 4.90. The summed E-state index contributed by atoms with van der Waals surface area (Å²) in [5.74, 6) is -2.84. The number of anilines is 1. The van der Waals surface area contributed by atoms with Crippen LogP contribution in [0, 0.1) is 12.8 Å². The summed E-state index contributed by atoms with van der Waals surface area (Å²) in [5.41, 5.74) is 0.998. The van der Waals surface area contributed by atoms with Gasteiger partial charge in [-0.15, -0.1) is 11.3 Å². The zero-order chi connectivity index (χ0) is 24.0. The molecule has 4 atom stereocenters. The van der Waals surface area contributed by atoms with Crippen LogP contribution in [0.1, 0.15) is 62.8 Å². The number of alkyl halides is 2. The van der Waals surface area contributed by atoms with Crippen LogP contribution >= 0.6 is 11.3 Å². The number of rotatable bonds is 5. The molecule has 178 valence electrons. The number of ketones is 1. The summed E-state index contributed by atoms with van der Waals surface area (Å²) in [6.07, 6.45) is 4.43. The second kappa shape index (κ2) is 8.75. The van der Waals surface area contributed by atoms with E-state index in [4.69, 9.17) is 4.74 Å². The Morgan fingerprint density at radius 2 is 2.12 bits per heavy atom. The lowest BCUT2D eigenvalue weighted by Crippen LogP contribution is -2.32. The SMILES string of the molecule is Cc1sc(C(=O)c2cncnc2N[C@@H]2C[C@@H](C)[C@@H](O)C2)cc1[C@@H]1OCC(F)(F)c2ncccc21. The molecule has 3 aromatic rings. The Hall–Kier alpha value is -2.82. The number of ether oxygens (including phenoxy) is 1. The number of aromatic nitrogens is 3. The first kappa shape index (κ1) is 22.9. The molecule has 0 saturated heterocycles. The van der Waals surface area contributed by atoms with Gasteiger partial charge in [-0.3, -0.25) is 9.78 Å². The van der Waals surface area contributed by atoms with Crippen molar-refractivity contribution in [3.63, 3.8) is 0 Å². The monoisotopic (exact) mass is 486 g/mol. The maximum atomic E-state index is 14.3. The minimum Gasteiger partial charge on any atom is -0.393 e. The molecule has 10 heteroatoms. The van der Waals surface area contributed by atoms with Crippen LogP contribution in [0.25, 0.3) is 0 Å². The van der Waals surface area contributed by atoms with Crippen LogP contribution < -0.4 is 5.32 Å². The smallest absolute Gasteiger partial charge is 0.312 e. The Morgan fingerprint density at radius 1 is 1.29 bits per heavy atom. The van der Waals surface area contributed by atoms with Gasteiger partial charge in [-0.05, 0) is 43.4 Å². The molecule has 0 amide bonds. The average Bonchev–Trinajstić information content (AvgIpc) is 3.35. The van der Waals surface area contributed by atoms with Crippen molar-refractivity contribution >= 4 is 22.9 Å². The number of thiophene rings is 1. The molecule has 0 aromatic carbocycles. The fraction of sp³-hybridized carbons (Fsp3) is 0.417. The molecule has 1 aliphatic heterocycles. The fourth-order valence-electron chi connectivity index (χ4n) is 4.69. The van der Waals surface area contributed by atoms with Crippen LogP contribution in [0.2, 0.25) is 0 Å². The zero-order valence-electron chi connectivity index (χ0n) is 18.7. The van der Waals surface area contributed by atoms with E-state index < -0.39 is 18.6 Å². The largest absolute Gasteiger partial charge is 0.393 e. The molecule has 7 nitrogen and oxygen atoms in total. The van der Waals surface area contributed by atoms with E-state index >= 15 is 0 Å². The second-order valence-corrected chi connectivity index (χ2v) is 10.2. The lowest BCUT2D eigenvalue weighted by Gasteiger charge is -2.30. The second-order valence-electron chi connectivity index (χ2n) is 8.93. The summed E-state index contributed by atoms with van der Waals surface area (Å²) < 4.78 is 34.2. The molecule has 2 aliphatic rings. The van der Waals surface area contributed by atoms with Crippen molar-refractivity contribution in [2.24, 2.45) is 5.92 Å². The third-order valence-electron chi connectivity index (χ3n) is 6.50. The third kappa shape index (κ3) is 4.10.